The van der Waals surface area contributed by atoms with Gasteiger partial charge in [-0.2, -0.15) is 0 Å². The summed E-state index contributed by atoms with van der Waals surface area (Å²) >= 11 is 5.94. The van der Waals surface area contributed by atoms with E-state index >= 15 is 0 Å². The minimum Gasteiger partial charge on any atom is -0.495 e. The molecule has 0 radical (unpaired) electrons. The molecule has 0 fully saturated rings. The summed E-state index contributed by atoms with van der Waals surface area (Å²) in [6.45, 7) is 0. The fourth-order valence-electron chi connectivity index (χ4n) is 1.15. The second-order valence-electron chi connectivity index (χ2n) is 2.60. The summed E-state index contributed by atoms with van der Waals surface area (Å²) in [6.07, 6.45) is 3.30. The van der Waals surface area contributed by atoms with Gasteiger partial charge >= 0.3 is 0 Å². The SMILES string of the molecule is COc1cc(Cl)c2ncc(N)n2c1. The van der Waals surface area contributed by atoms with Crippen LogP contribution in [0.25, 0.3) is 5.65 Å². The molecule has 0 aliphatic rings. The third-order valence-corrected chi connectivity index (χ3v) is 2.08. The van der Waals surface area contributed by atoms with Crippen molar-refractivity contribution in [1.82, 2.24) is 9.38 Å². The monoisotopic (exact) mass is 197 g/mol. The van der Waals surface area contributed by atoms with Crippen LogP contribution < -0.4 is 10.5 Å². The predicted octanol–water partition coefficient (Wildman–Crippen LogP) is 1.58. The van der Waals surface area contributed by atoms with E-state index in [0.717, 1.165) is 0 Å². The third kappa shape index (κ3) is 1.19. The summed E-state index contributed by atoms with van der Waals surface area (Å²) in [5.74, 6) is 1.19. The largest absolute Gasteiger partial charge is 0.495 e. The smallest absolute Gasteiger partial charge is 0.157 e. The van der Waals surface area contributed by atoms with Crippen LogP contribution in [0.5, 0.6) is 5.75 Å². The lowest BCUT2D eigenvalue weighted by Gasteiger charge is -2.03. The molecule has 0 aliphatic heterocycles. The summed E-state index contributed by atoms with van der Waals surface area (Å²) in [5, 5.41) is 0.524. The van der Waals surface area contributed by atoms with Gasteiger partial charge in [-0.15, -0.1) is 0 Å². The van der Waals surface area contributed by atoms with Gasteiger partial charge in [0.05, 0.1) is 24.5 Å². The van der Waals surface area contributed by atoms with Crippen LogP contribution in [0.4, 0.5) is 5.82 Å². The van der Waals surface area contributed by atoms with Gasteiger partial charge in [0.25, 0.3) is 0 Å². The van der Waals surface area contributed by atoms with Gasteiger partial charge in [0.15, 0.2) is 5.65 Å². The van der Waals surface area contributed by atoms with Gasteiger partial charge in [0.1, 0.15) is 11.6 Å². The minimum atomic E-state index is 0.524. The molecule has 0 atom stereocenters. The number of rotatable bonds is 1. The highest BCUT2D eigenvalue weighted by atomic mass is 35.5. The number of pyridine rings is 1. The van der Waals surface area contributed by atoms with E-state index in [9.17, 15) is 0 Å². The number of ether oxygens (including phenoxy) is 1. The molecule has 2 N–H and O–H groups in total. The lowest BCUT2D eigenvalue weighted by Crippen LogP contribution is -1.94. The molecule has 0 amide bonds. The van der Waals surface area contributed by atoms with Crippen molar-refractivity contribution in [2.75, 3.05) is 12.8 Å². The molecule has 0 saturated heterocycles. The zero-order chi connectivity index (χ0) is 9.42. The first-order valence-electron chi connectivity index (χ1n) is 3.68. The van der Waals surface area contributed by atoms with Crippen molar-refractivity contribution in [1.29, 1.82) is 0 Å². The first-order valence-corrected chi connectivity index (χ1v) is 4.06. The fourth-order valence-corrected chi connectivity index (χ4v) is 1.40. The molecule has 4 nitrogen and oxygen atoms in total. The van der Waals surface area contributed by atoms with Crippen molar-refractivity contribution in [3.8, 4) is 5.75 Å². The fraction of sp³-hybridized carbons (Fsp3) is 0.125. The van der Waals surface area contributed by atoms with Crippen molar-refractivity contribution in [3.63, 3.8) is 0 Å². The number of nitrogens with two attached hydrogens (primary N) is 1. The van der Waals surface area contributed by atoms with Crippen LogP contribution in [0.3, 0.4) is 0 Å². The van der Waals surface area contributed by atoms with Gasteiger partial charge in [-0.1, -0.05) is 11.6 Å². The molecule has 0 unspecified atom stereocenters. The first kappa shape index (κ1) is 8.19. The molecule has 2 aromatic heterocycles. The Bertz CT molecular complexity index is 452. The van der Waals surface area contributed by atoms with E-state index in [1.807, 2.05) is 0 Å². The van der Waals surface area contributed by atoms with Gasteiger partial charge in [-0.25, -0.2) is 4.98 Å². The summed E-state index contributed by atoms with van der Waals surface area (Å²) in [4.78, 5) is 4.04. The molecular formula is C8H8ClN3O. The Morgan fingerprint density at radius 3 is 3.08 bits per heavy atom. The maximum atomic E-state index is 5.94. The number of halogens is 1. The van der Waals surface area contributed by atoms with E-state index in [1.165, 1.54) is 0 Å². The second kappa shape index (κ2) is 2.81. The average Bonchev–Trinajstić information content (AvgIpc) is 2.48. The number of nitrogens with zero attached hydrogens (tertiary/aromatic N) is 2. The molecule has 0 spiro atoms. The normalized spacial score (nSPS) is 10.6. The van der Waals surface area contributed by atoms with Gasteiger partial charge in [0, 0.05) is 6.07 Å². The molecule has 68 valence electrons. The Morgan fingerprint density at radius 1 is 1.62 bits per heavy atom. The molecule has 13 heavy (non-hydrogen) atoms. The molecule has 0 bridgehead atoms. The molecule has 2 aromatic rings. The number of methoxy groups -OCH3 is 1. The van der Waals surface area contributed by atoms with E-state index < -0.39 is 0 Å². The van der Waals surface area contributed by atoms with Crippen LogP contribution in [-0.4, -0.2) is 16.5 Å². The molecule has 0 aliphatic carbocycles. The number of hydrogen-bond donors (Lipinski definition) is 1. The van der Waals surface area contributed by atoms with Crippen molar-refractivity contribution in [2.24, 2.45) is 0 Å². The molecule has 0 saturated carbocycles. The van der Waals surface area contributed by atoms with Crippen LogP contribution in [0.2, 0.25) is 5.02 Å². The van der Waals surface area contributed by atoms with Crippen LogP contribution in [0, 0.1) is 0 Å². The summed E-state index contributed by atoms with van der Waals surface area (Å²) in [5.41, 5.74) is 6.29. The van der Waals surface area contributed by atoms with E-state index in [0.29, 0.717) is 22.2 Å². The topological polar surface area (TPSA) is 52.5 Å². The quantitative estimate of drug-likeness (QED) is 0.755. The number of anilines is 1. The Hall–Kier alpha value is -1.42. The van der Waals surface area contributed by atoms with E-state index in [-0.39, 0.29) is 0 Å². The number of fused-ring (bicyclic) bond motifs is 1. The van der Waals surface area contributed by atoms with Crippen molar-refractivity contribution in [2.45, 2.75) is 0 Å². The Kier molecular flexibility index (Phi) is 1.77. The number of hydrogen-bond acceptors (Lipinski definition) is 3. The molecule has 0 aromatic carbocycles. The predicted molar refractivity (Wildman–Crippen MR) is 51.2 cm³/mol. The molecule has 2 rings (SSSR count). The highest BCUT2D eigenvalue weighted by Gasteiger charge is 2.05. The molecule has 5 heteroatoms. The third-order valence-electron chi connectivity index (χ3n) is 1.80. The average molecular weight is 198 g/mol. The Labute approximate surface area is 79.9 Å². The van der Waals surface area contributed by atoms with Crippen LogP contribution >= 0.6 is 11.6 Å². The van der Waals surface area contributed by atoms with Gasteiger partial charge in [0.2, 0.25) is 0 Å². The van der Waals surface area contributed by atoms with Crippen LogP contribution in [-0.2, 0) is 0 Å². The number of aromatic nitrogens is 2. The van der Waals surface area contributed by atoms with Crippen LogP contribution in [0.15, 0.2) is 18.5 Å². The maximum Gasteiger partial charge on any atom is 0.157 e. The molecular weight excluding hydrogens is 190 g/mol. The second-order valence-corrected chi connectivity index (χ2v) is 3.01. The maximum absolute atomic E-state index is 5.94. The van der Waals surface area contributed by atoms with Crippen LogP contribution in [0.1, 0.15) is 0 Å². The van der Waals surface area contributed by atoms with Gasteiger partial charge in [-0.05, 0) is 0 Å². The lowest BCUT2D eigenvalue weighted by molar-refractivity contribution is 0.412. The summed E-state index contributed by atoms with van der Waals surface area (Å²) in [7, 11) is 1.57. The van der Waals surface area contributed by atoms with E-state index in [4.69, 9.17) is 22.1 Å². The Balaban J connectivity index is 2.80. The first-order chi connectivity index (χ1) is 6.22. The van der Waals surface area contributed by atoms with E-state index in [1.54, 1.807) is 30.0 Å². The zero-order valence-electron chi connectivity index (χ0n) is 6.99. The van der Waals surface area contributed by atoms with Crippen molar-refractivity contribution in [3.05, 3.63) is 23.5 Å². The standard InChI is InChI=1S/C8H8ClN3O/c1-13-5-2-6(9)8-11-3-7(10)12(8)4-5/h2-4H,10H2,1H3. The lowest BCUT2D eigenvalue weighted by atomic mass is 10.4. The minimum absolute atomic E-state index is 0.524. The number of imidazole rings is 1. The van der Waals surface area contributed by atoms with Crippen molar-refractivity contribution >= 4 is 23.1 Å². The summed E-state index contributed by atoms with van der Waals surface area (Å²) < 4.78 is 6.72. The van der Waals surface area contributed by atoms with Crippen molar-refractivity contribution < 1.29 is 4.74 Å². The van der Waals surface area contributed by atoms with Gasteiger partial charge < -0.3 is 10.5 Å². The number of nitrogen functional groups attached to an aromatic ring is 1. The molecule has 2 heterocycles. The Morgan fingerprint density at radius 2 is 2.38 bits per heavy atom. The highest BCUT2D eigenvalue weighted by molar-refractivity contribution is 6.33. The highest BCUT2D eigenvalue weighted by Crippen LogP contribution is 2.24. The zero-order valence-corrected chi connectivity index (χ0v) is 7.75. The summed E-state index contributed by atoms with van der Waals surface area (Å²) in [6, 6.07) is 1.70. The van der Waals surface area contributed by atoms with E-state index in [2.05, 4.69) is 4.98 Å². The van der Waals surface area contributed by atoms with Gasteiger partial charge in [-0.3, -0.25) is 4.40 Å².